The molecule has 1 amide bonds. The molecule has 21 heavy (non-hydrogen) atoms. The molecule has 3 aliphatic heterocycles. The topological polar surface area (TPSA) is 32.3 Å². The van der Waals surface area contributed by atoms with Gasteiger partial charge in [0.1, 0.15) is 0 Å². The van der Waals surface area contributed by atoms with Gasteiger partial charge in [-0.05, 0) is 48.7 Å². The molecule has 3 nitrogen and oxygen atoms in total. The van der Waals surface area contributed by atoms with Crippen molar-refractivity contribution in [3.8, 4) is 0 Å². The van der Waals surface area contributed by atoms with Crippen LogP contribution in [0.5, 0.6) is 0 Å². The normalized spacial score (nSPS) is 27.7. The van der Waals surface area contributed by atoms with Gasteiger partial charge in [0.2, 0.25) is 0 Å². The molecule has 0 aromatic heterocycles. The van der Waals surface area contributed by atoms with Crippen LogP contribution in [0.4, 0.5) is 0 Å². The Morgan fingerprint density at radius 1 is 1.05 bits per heavy atom. The molecule has 0 saturated carbocycles. The number of carbonyl (C=O) groups excluding carboxylic acids is 1. The molecule has 5 rings (SSSR count). The molecular formula is C18H20N2O. The van der Waals surface area contributed by atoms with Crippen molar-refractivity contribution in [2.45, 2.75) is 18.9 Å². The average molecular weight is 280 g/mol. The molecule has 2 aromatic carbocycles. The minimum absolute atomic E-state index is 0.0746. The Morgan fingerprint density at radius 2 is 1.81 bits per heavy atom. The maximum absolute atomic E-state index is 12.7. The summed E-state index contributed by atoms with van der Waals surface area (Å²) in [5, 5.41) is 5.44. The van der Waals surface area contributed by atoms with E-state index in [1.54, 1.807) is 0 Å². The molecule has 3 saturated heterocycles. The summed E-state index contributed by atoms with van der Waals surface area (Å²) in [5.74, 6) is 0.736. The third kappa shape index (κ3) is 2.32. The highest BCUT2D eigenvalue weighted by Crippen LogP contribution is 2.28. The summed E-state index contributed by atoms with van der Waals surface area (Å²) in [5.41, 5.74) is 0.796. The zero-order chi connectivity index (χ0) is 14.2. The molecule has 0 unspecified atom stereocenters. The molecule has 1 N–H and O–H groups in total. The van der Waals surface area contributed by atoms with Crippen LogP contribution in [0.15, 0.2) is 42.5 Å². The summed E-state index contributed by atoms with van der Waals surface area (Å²) in [4.78, 5) is 15.1. The van der Waals surface area contributed by atoms with Crippen LogP contribution in [0, 0.1) is 5.92 Å². The molecule has 1 atom stereocenters. The Balaban J connectivity index is 1.59. The highest BCUT2D eigenvalue weighted by atomic mass is 16.1. The number of hydrogen-bond donors (Lipinski definition) is 1. The predicted molar refractivity (Wildman–Crippen MR) is 84.4 cm³/mol. The van der Waals surface area contributed by atoms with Gasteiger partial charge in [0.15, 0.2) is 0 Å². The number of amides is 1. The lowest BCUT2D eigenvalue weighted by molar-refractivity contribution is 0.0621. The van der Waals surface area contributed by atoms with Gasteiger partial charge in [-0.3, -0.25) is 4.79 Å². The van der Waals surface area contributed by atoms with Crippen molar-refractivity contribution in [1.29, 1.82) is 0 Å². The zero-order valence-corrected chi connectivity index (χ0v) is 12.1. The van der Waals surface area contributed by atoms with Crippen LogP contribution in [0.25, 0.3) is 10.8 Å². The number of carbonyl (C=O) groups is 1. The summed E-state index contributed by atoms with van der Waals surface area (Å²) in [6.07, 6.45) is 2.45. The monoisotopic (exact) mass is 280 g/mol. The fraction of sp³-hybridized carbons (Fsp3) is 0.389. The van der Waals surface area contributed by atoms with Gasteiger partial charge in [-0.25, -0.2) is 0 Å². The molecule has 2 aromatic rings. The van der Waals surface area contributed by atoms with E-state index in [0.717, 1.165) is 22.9 Å². The molecule has 3 aliphatic rings. The van der Waals surface area contributed by atoms with E-state index in [2.05, 4.69) is 22.3 Å². The van der Waals surface area contributed by atoms with E-state index in [1.165, 1.54) is 25.9 Å². The van der Waals surface area contributed by atoms with Gasteiger partial charge in [0.25, 0.3) is 5.91 Å². The molecule has 108 valence electrons. The van der Waals surface area contributed by atoms with Gasteiger partial charge in [0.05, 0.1) is 0 Å². The van der Waals surface area contributed by atoms with Crippen molar-refractivity contribution < 1.29 is 4.79 Å². The van der Waals surface area contributed by atoms with Crippen LogP contribution in [0.1, 0.15) is 23.2 Å². The maximum Gasteiger partial charge on any atom is 0.252 e. The first kappa shape index (κ1) is 12.8. The van der Waals surface area contributed by atoms with Gasteiger partial charge in [-0.2, -0.15) is 0 Å². The molecule has 0 radical (unpaired) electrons. The van der Waals surface area contributed by atoms with Crippen molar-refractivity contribution in [3.05, 3.63) is 48.0 Å². The third-order valence-electron chi connectivity index (χ3n) is 5.01. The van der Waals surface area contributed by atoms with Crippen LogP contribution >= 0.6 is 0 Å². The van der Waals surface area contributed by atoms with Crippen molar-refractivity contribution in [2.24, 2.45) is 5.92 Å². The minimum atomic E-state index is 0.0746. The molecule has 0 spiro atoms. The Morgan fingerprint density at radius 3 is 2.57 bits per heavy atom. The Kier molecular flexibility index (Phi) is 3.15. The predicted octanol–water partition coefficient (Wildman–Crippen LogP) is 2.66. The van der Waals surface area contributed by atoms with E-state index >= 15 is 0 Å². The summed E-state index contributed by atoms with van der Waals surface area (Å²) in [6.45, 7) is 3.41. The van der Waals surface area contributed by atoms with Crippen LogP contribution < -0.4 is 5.32 Å². The van der Waals surface area contributed by atoms with Crippen molar-refractivity contribution in [3.63, 3.8) is 0 Å². The van der Waals surface area contributed by atoms with Crippen molar-refractivity contribution in [1.82, 2.24) is 10.2 Å². The maximum atomic E-state index is 12.7. The molecular weight excluding hydrogens is 260 g/mol. The smallest absolute Gasteiger partial charge is 0.252 e. The number of nitrogens with one attached hydrogen (secondary N) is 1. The van der Waals surface area contributed by atoms with Crippen LogP contribution in [-0.2, 0) is 0 Å². The standard InChI is InChI=1S/C18H20N2O/c21-18(19-17-12-20-10-8-14(17)9-11-20)16-7-3-5-13-4-1-2-6-15(13)16/h1-7,14,17H,8-12H2,(H,19,21)/t17-/m0/s1. The molecule has 2 bridgehead atoms. The second-order valence-corrected chi connectivity index (χ2v) is 6.24. The Labute approximate surface area is 124 Å². The van der Waals surface area contributed by atoms with Gasteiger partial charge < -0.3 is 10.2 Å². The first-order chi connectivity index (χ1) is 10.3. The minimum Gasteiger partial charge on any atom is -0.348 e. The number of benzene rings is 2. The second kappa shape index (κ2) is 5.15. The second-order valence-electron chi connectivity index (χ2n) is 6.24. The molecule has 0 aliphatic carbocycles. The number of hydrogen-bond acceptors (Lipinski definition) is 2. The zero-order valence-electron chi connectivity index (χ0n) is 12.1. The fourth-order valence-electron chi connectivity index (χ4n) is 3.80. The van der Waals surface area contributed by atoms with Crippen LogP contribution in [0.3, 0.4) is 0 Å². The molecule has 3 heterocycles. The SMILES string of the molecule is O=C(N[C@H]1CN2CCC1CC2)c1cccc2ccccc12. The Bertz CT molecular complexity index is 668. The largest absolute Gasteiger partial charge is 0.348 e. The molecule has 3 fully saturated rings. The van der Waals surface area contributed by atoms with Crippen molar-refractivity contribution in [2.75, 3.05) is 19.6 Å². The number of piperidine rings is 3. The van der Waals surface area contributed by atoms with E-state index < -0.39 is 0 Å². The van der Waals surface area contributed by atoms with E-state index in [-0.39, 0.29) is 5.91 Å². The fourth-order valence-corrected chi connectivity index (χ4v) is 3.80. The Hall–Kier alpha value is -1.87. The summed E-state index contributed by atoms with van der Waals surface area (Å²) in [7, 11) is 0. The first-order valence-corrected chi connectivity index (χ1v) is 7.82. The van der Waals surface area contributed by atoms with Crippen molar-refractivity contribution >= 4 is 16.7 Å². The number of rotatable bonds is 2. The number of fused-ring (bicyclic) bond motifs is 4. The lowest BCUT2D eigenvalue weighted by Gasteiger charge is -2.44. The van der Waals surface area contributed by atoms with Crippen LogP contribution in [-0.4, -0.2) is 36.5 Å². The quantitative estimate of drug-likeness (QED) is 0.917. The molecule has 3 heteroatoms. The average Bonchev–Trinajstić information content (AvgIpc) is 2.55. The van der Waals surface area contributed by atoms with E-state index in [9.17, 15) is 4.79 Å². The number of nitrogens with zero attached hydrogens (tertiary/aromatic N) is 1. The van der Waals surface area contributed by atoms with E-state index in [1.807, 2.05) is 30.3 Å². The lowest BCUT2D eigenvalue weighted by atomic mass is 9.84. The first-order valence-electron chi connectivity index (χ1n) is 7.82. The lowest BCUT2D eigenvalue weighted by Crippen LogP contribution is -2.57. The van der Waals surface area contributed by atoms with Gasteiger partial charge in [0, 0.05) is 18.2 Å². The summed E-state index contributed by atoms with van der Waals surface area (Å²) in [6, 6.07) is 14.4. The van der Waals surface area contributed by atoms with Gasteiger partial charge in [-0.15, -0.1) is 0 Å². The van der Waals surface area contributed by atoms with Gasteiger partial charge in [-0.1, -0.05) is 36.4 Å². The van der Waals surface area contributed by atoms with E-state index in [0.29, 0.717) is 12.0 Å². The van der Waals surface area contributed by atoms with E-state index in [4.69, 9.17) is 0 Å². The highest BCUT2D eigenvalue weighted by molar-refractivity contribution is 6.07. The van der Waals surface area contributed by atoms with Gasteiger partial charge >= 0.3 is 0 Å². The highest BCUT2D eigenvalue weighted by Gasteiger charge is 2.35. The third-order valence-corrected chi connectivity index (χ3v) is 5.01. The summed E-state index contributed by atoms with van der Waals surface area (Å²) < 4.78 is 0. The van der Waals surface area contributed by atoms with Crippen LogP contribution in [0.2, 0.25) is 0 Å². The summed E-state index contributed by atoms with van der Waals surface area (Å²) >= 11 is 0.